The molecule has 0 saturated heterocycles. The first-order valence-corrected chi connectivity index (χ1v) is 7.35. The first-order chi connectivity index (χ1) is 9.38. The third-order valence-electron chi connectivity index (χ3n) is 2.72. The van der Waals surface area contributed by atoms with Crippen molar-refractivity contribution in [2.45, 2.75) is 26.7 Å². The van der Waals surface area contributed by atoms with Gasteiger partial charge in [-0.3, -0.25) is 4.79 Å². The molecule has 0 spiro atoms. The molecule has 0 radical (unpaired) electrons. The fraction of sp³-hybridized carbons (Fsp3) is 0.286. The monoisotopic (exact) mass is 310 g/mol. The van der Waals surface area contributed by atoms with Crippen molar-refractivity contribution >= 4 is 34.5 Å². The highest BCUT2D eigenvalue weighted by Crippen LogP contribution is 2.29. The average molecular weight is 311 g/mol. The molecule has 0 bridgehead atoms. The van der Waals surface area contributed by atoms with Crippen molar-refractivity contribution in [1.29, 1.82) is 0 Å². The minimum Gasteiger partial charge on any atom is -0.506 e. The van der Waals surface area contributed by atoms with Crippen LogP contribution >= 0.6 is 22.9 Å². The van der Waals surface area contributed by atoms with Crippen LogP contribution in [0.3, 0.4) is 0 Å². The molecule has 6 heteroatoms. The van der Waals surface area contributed by atoms with E-state index in [1.165, 1.54) is 23.5 Å². The summed E-state index contributed by atoms with van der Waals surface area (Å²) in [7, 11) is 0. The summed E-state index contributed by atoms with van der Waals surface area (Å²) in [6.45, 7) is 5.84. The Labute approximate surface area is 126 Å². The second-order valence-electron chi connectivity index (χ2n) is 4.72. The number of anilines is 1. The molecule has 0 aliphatic heterocycles. The number of phenols is 1. The van der Waals surface area contributed by atoms with Crippen molar-refractivity contribution in [2.75, 3.05) is 5.32 Å². The van der Waals surface area contributed by atoms with Gasteiger partial charge in [0.25, 0.3) is 5.91 Å². The van der Waals surface area contributed by atoms with Gasteiger partial charge in [0, 0.05) is 5.02 Å². The molecule has 106 valence electrons. The van der Waals surface area contributed by atoms with Gasteiger partial charge >= 0.3 is 0 Å². The summed E-state index contributed by atoms with van der Waals surface area (Å²) in [6.07, 6.45) is 0. The van der Waals surface area contributed by atoms with Gasteiger partial charge in [0.15, 0.2) is 0 Å². The number of halogens is 1. The topological polar surface area (TPSA) is 62.2 Å². The van der Waals surface area contributed by atoms with Crippen molar-refractivity contribution in [3.8, 4) is 5.75 Å². The molecule has 2 aromatic rings. The Bertz CT molecular complexity index is 653. The summed E-state index contributed by atoms with van der Waals surface area (Å²) in [6, 6.07) is 4.51. The Hall–Kier alpha value is -1.59. The lowest BCUT2D eigenvalue weighted by Gasteiger charge is -2.08. The molecule has 1 amide bonds. The Kier molecular flexibility index (Phi) is 4.30. The van der Waals surface area contributed by atoms with Gasteiger partial charge < -0.3 is 10.4 Å². The maximum Gasteiger partial charge on any atom is 0.267 e. The Morgan fingerprint density at radius 3 is 2.80 bits per heavy atom. The fourth-order valence-corrected chi connectivity index (χ4v) is 2.93. The number of hydrogen-bond acceptors (Lipinski definition) is 4. The molecule has 20 heavy (non-hydrogen) atoms. The SMILES string of the molecule is Cc1nc(C(C)C)c(C(=O)Nc2cc(Cl)ccc2O)s1. The molecular formula is C14H15ClN2O2S. The van der Waals surface area contributed by atoms with Gasteiger partial charge in [0.2, 0.25) is 0 Å². The number of hydrogen-bond donors (Lipinski definition) is 2. The zero-order chi connectivity index (χ0) is 14.9. The number of thiazole rings is 1. The predicted octanol–water partition coefficient (Wildman–Crippen LogP) is 4.19. The second-order valence-corrected chi connectivity index (χ2v) is 6.36. The molecule has 0 fully saturated rings. The Balaban J connectivity index is 2.31. The number of carbonyl (C=O) groups excluding carboxylic acids is 1. The molecule has 1 aromatic heterocycles. The highest BCUT2D eigenvalue weighted by molar-refractivity contribution is 7.13. The van der Waals surface area contributed by atoms with E-state index >= 15 is 0 Å². The summed E-state index contributed by atoms with van der Waals surface area (Å²) < 4.78 is 0. The molecule has 1 heterocycles. The lowest BCUT2D eigenvalue weighted by atomic mass is 10.1. The summed E-state index contributed by atoms with van der Waals surface area (Å²) in [4.78, 5) is 17.3. The number of rotatable bonds is 3. The van der Waals surface area contributed by atoms with E-state index in [4.69, 9.17) is 11.6 Å². The minimum absolute atomic E-state index is 0.0184. The quantitative estimate of drug-likeness (QED) is 0.836. The second kappa shape index (κ2) is 5.81. The third-order valence-corrected chi connectivity index (χ3v) is 3.94. The van der Waals surface area contributed by atoms with Crippen molar-refractivity contribution in [3.63, 3.8) is 0 Å². The first kappa shape index (κ1) is 14.8. The maximum absolute atomic E-state index is 12.3. The van der Waals surface area contributed by atoms with Crippen molar-refractivity contribution in [3.05, 3.63) is 38.8 Å². The number of carbonyl (C=O) groups is 1. The van der Waals surface area contributed by atoms with E-state index in [1.54, 1.807) is 6.07 Å². The molecule has 2 N–H and O–H groups in total. The van der Waals surface area contributed by atoms with Crippen LogP contribution < -0.4 is 5.32 Å². The van der Waals surface area contributed by atoms with Gasteiger partial charge in [-0.1, -0.05) is 25.4 Å². The number of aryl methyl sites for hydroxylation is 1. The number of nitrogens with one attached hydrogen (secondary N) is 1. The van der Waals surface area contributed by atoms with Crippen LogP contribution in [0.2, 0.25) is 5.02 Å². The average Bonchev–Trinajstić information content (AvgIpc) is 2.76. The van der Waals surface area contributed by atoms with E-state index in [1.807, 2.05) is 20.8 Å². The number of benzene rings is 1. The number of nitrogens with zero attached hydrogens (tertiary/aromatic N) is 1. The number of aromatic nitrogens is 1. The van der Waals surface area contributed by atoms with E-state index < -0.39 is 0 Å². The Morgan fingerprint density at radius 2 is 2.15 bits per heavy atom. The van der Waals surface area contributed by atoms with E-state index in [9.17, 15) is 9.90 Å². The maximum atomic E-state index is 12.3. The van der Waals surface area contributed by atoms with E-state index in [-0.39, 0.29) is 17.6 Å². The van der Waals surface area contributed by atoms with Crippen LogP contribution in [-0.4, -0.2) is 16.0 Å². The Morgan fingerprint density at radius 1 is 1.45 bits per heavy atom. The summed E-state index contributed by atoms with van der Waals surface area (Å²) in [5.74, 6) is -0.138. The summed E-state index contributed by atoms with van der Waals surface area (Å²) >= 11 is 7.20. The van der Waals surface area contributed by atoms with Crippen LogP contribution in [0.1, 0.15) is 40.1 Å². The molecule has 0 aliphatic rings. The molecule has 0 unspecified atom stereocenters. The van der Waals surface area contributed by atoms with Crippen LogP contribution in [0.5, 0.6) is 5.75 Å². The van der Waals surface area contributed by atoms with E-state index in [0.717, 1.165) is 10.7 Å². The van der Waals surface area contributed by atoms with Crippen LogP contribution in [-0.2, 0) is 0 Å². The minimum atomic E-state index is -0.281. The van der Waals surface area contributed by atoms with E-state index in [0.29, 0.717) is 15.6 Å². The zero-order valence-electron chi connectivity index (χ0n) is 11.4. The molecule has 1 aromatic carbocycles. The molecule has 0 atom stereocenters. The van der Waals surface area contributed by atoms with Gasteiger partial charge in [-0.05, 0) is 31.0 Å². The van der Waals surface area contributed by atoms with Gasteiger partial charge in [0.05, 0.1) is 16.4 Å². The fourth-order valence-electron chi connectivity index (χ4n) is 1.78. The molecule has 0 saturated carbocycles. The molecule has 4 nitrogen and oxygen atoms in total. The lowest BCUT2D eigenvalue weighted by molar-refractivity contribution is 0.102. The lowest BCUT2D eigenvalue weighted by Crippen LogP contribution is -2.13. The zero-order valence-corrected chi connectivity index (χ0v) is 13.0. The normalized spacial score (nSPS) is 10.8. The van der Waals surface area contributed by atoms with Crippen molar-refractivity contribution in [2.24, 2.45) is 0 Å². The third kappa shape index (κ3) is 3.11. The summed E-state index contributed by atoms with van der Waals surface area (Å²) in [5.41, 5.74) is 1.06. The van der Waals surface area contributed by atoms with Gasteiger partial charge in [-0.25, -0.2) is 4.98 Å². The molecular weight excluding hydrogens is 296 g/mol. The number of aromatic hydroxyl groups is 1. The number of phenolic OH excluding ortho intramolecular Hbond substituents is 1. The van der Waals surface area contributed by atoms with Crippen LogP contribution in [0.25, 0.3) is 0 Å². The molecule has 0 aliphatic carbocycles. The van der Waals surface area contributed by atoms with Crippen molar-refractivity contribution < 1.29 is 9.90 Å². The van der Waals surface area contributed by atoms with Crippen LogP contribution in [0.15, 0.2) is 18.2 Å². The van der Waals surface area contributed by atoms with Gasteiger partial charge in [0.1, 0.15) is 10.6 Å². The summed E-state index contributed by atoms with van der Waals surface area (Å²) in [5, 5.41) is 13.7. The van der Waals surface area contributed by atoms with E-state index in [2.05, 4.69) is 10.3 Å². The van der Waals surface area contributed by atoms with Crippen LogP contribution in [0.4, 0.5) is 5.69 Å². The van der Waals surface area contributed by atoms with Gasteiger partial charge in [-0.2, -0.15) is 0 Å². The number of amides is 1. The predicted molar refractivity (Wildman–Crippen MR) is 82.0 cm³/mol. The highest BCUT2D eigenvalue weighted by atomic mass is 35.5. The smallest absolute Gasteiger partial charge is 0.267 e. The van der Waals surface area contributed by atoms with Crippen molar-refractivity contribution in [1.82, 2.24) is 4.98 Å². The standard InChI is InChI=1S/C14H15ClN2O2S/c1-7(2)12-13(20-8(3)16-12)14(19)17-10-6-9(15)4-5-11(10)18/h4-7,18H,1-3H3,(H,17,19). The van der Waals surface area contributed by atoms with Gasteiger partial charge in [-0.15, -0.1) is 11.3 Å². The first-order valence-electron chi connectivity index (χ1n) is 6.15. The largest absolute Gasteiger partial charge is 0.506 e. The van der Waals surface area contributed by atoms with Crippen LogP contribution in [0, 0.1) is 6.92 Å². The molecule has 2 rings (SSSR count). The highest BCUT2D eigenvalue weighted by Gasteiger charge is 2.20.